The van der Waals surface area contributed by atoms with Crippen LogP contribution < -0.4 is 10.1 Å². The van der Waals surface area contributed by atoms with E-state index in [1.54, 1.807) is 31.2 Å². The Morgan fingerprint density at radius 3 is 2.50 bits per heavy atom. The number of amides is 1. The van der Waals surface area contributed by atoms with E-state index in [4.69, 9.17) is 4.74 Å². The van der Waals surface area contributed by atoms with Gasteiger partial charge in [-0.05, 0) is 38.1 Å². The third-order valence-electron chi connectivity index (χ3n) is 2.00. The molecule has 1 amide bonds. The number of alkyl carbamates (subject to hydrolysis) is 1. The van der Waals surface area contributed by atoms with Gasteiger partial charge in [0, 0.05) is 4.47 Å². The predicted molar refractivity (Wildman–Crippen MR) is 69.4 cm³/mol. The third-order valence-corrected chi connectivity index (χ3v) is 2.52. The topological polar surface area (TPSA) is 64.6 Å². The molecule has 0 unspecified atom stereocenters. The second-order valence-corrected chi connectivity index (χ2v) is 4.38. The largest absolute Gasteiger partial charge is 0.450 e. The molecule has 0 spiro atoms. The highest BCUT2D eigenvalue weighted by Crippen LogP contribution is 2.16. The first-order valence-corrected chi connectivity index (χ1v) is 6.22. The van der Waals surface area contributed by atoms with Crippen molar-refractivity contribution >= 4 is 28.0 Å². The fourth-order valence-electron chi connectivity index (χ4n) is 1.12. The van der Waals surface area contributed by atoms with Crippen LogP contribution in [0.4, 0.5) is 4.79 Å². The van der Waals surface area contributed by atoms with Gasteiger partial charge in [0.25, 0.3) is 0 Å². The van der Waals surface area contributed by atoms with Crippen LogP contribution in [0.15, 0.2) is 28.7 Å². The summed E-state index contributed by atoms with van der Waals surface area (Å²) in [6.45, 7) is 3.46. The van der Waals surface area contributed by atoms with Gasteiger partial charge < -0.3 is 14.8 Å². The average molecular weight is 316 g/mol. The quantitative estimate of drug-likeness (QED) is 0.685. The summed E-state index contributed by atoms with van der Waals surface area (Å²) < 4.78 is 10.6. The van der Waals surface area contributed by atoms with E-state index >= 15 is 0 Å². The molecular weight excluding hydrogens is 302 g/mol. The van der Waals surface area contributed by atoms with E-state index in [9.17, 15) is 9.59 Å². The Morgan fingerprint density at radius 1 is 1.33 bits per heavy atom. The molecule has 0 saturated carbocycles. The van der Waals surface area contributed by atoms with Crippen LogP contribution >= 0.6 is 15.9 Å². The lowest BCUT2D eigenvalue weighted by molar-refractivity contribution is -0.136. The molecule has 0 radical (unpaired) electrons. The van der Waals surface area contributed by atoms with Crippen molar-refractivity contribution in [1.29, 1.82) is 0 Å². The molecule has 0 fully saturated rings. The number of carbonyl (C=O) groups excluding carboxylic acids is 2. The summed E-state index contributed by atoms with van der Waals surface area (Å²) >= 11 is 3.28. The molecule has 0 aliphatic rings. The zero-order chi connectivity index (χ0) is 13.5. The molecule has 1 rings (SSSR count). The summed E-state index contributed by atoms with van der Waals surface area (Å²) in [5.41, 5.74) is 0. The molecule has 0 saturated heterocycles. The van der Waals surface area contributed by atoms with Crippen LogP contribution in [0, 0.1) is 0 Å². The first-order chi connectivity index (χ1) is 8.52. The maximum atomic E-state index is 11.6. The normalized spacial score (nSPS) is 11.5. The lowest BCUT2D eigenvalue weighted by Crippen LogP contribution is -2.41. The van der Waals surface area contributed by atoms with Crippen molar-refractivity contribution in [3.63, 3.8) is 0 Å². The number of rotatable bonds is 4. The number of hydrogen-bond acceptors (Lipinski definition) is 4. The SMILES string of the molecule is CCOC(=O)N[C@@H](C)C(=O)Oc1ccc(Br)cc1. The van der Waals surface area contributed by atoms with Gasteiger partial charge in [-0.2, -0.15) is 0 Å². The van der Waals surface area contributed by atoms with E-state index in [2.05, 4.69) is 26.0 Å². The number of carbonyl (C=O) groups is 2. The maximum Gasteiger partial charge on any atom is 0.407 e. The van der Waals surface area contributed by atoms with Crippen LogP contribution in [0.5, 0.6) is 5.75 Å². The summed E-state index contributed by atoms with van der Waals surface area (Å²) in [6.07, 6.45) is -0.641. The van der Waals surface area contributed by atoms with Crippen molar-refractivity contribution in [2.45, 2.75) is 19.9 Å². The van der Waals surface area contributed by atoms with E-state index in [1.165, 1.54) is 6.92 Å². The van der Waals surface area contributed by atoms with E-state index in [0.29, 0.717) is 5.75 Å². The Labute approximate surface area is 114 Å². The molecule has 6 heteroatoms. The van der Waals surface area contributed by atoms with Crippen LogP contribution in [0.25, 0.3) is 0 Å². The van der Waals surface area contributed by atoms with Gasteiger partial charge in [0.1, 0.15) is 11.8 Å². The second-order valence-electron chi connectivity index (χ2n) is 3.46. The van der Waals surface area contributed by atoms with Gasteiger partial charge in [-0.25, -0.2) is 9.59 Å². The van der Waals surface area contributed by atoms with Gasteiger partial charge in [0.15, 0.2) is 0 Å². The number of halogens is 1. The number of benzene rings is 1. The van der Waals surface area contributed by atoms with Crippen molar-refractivity contribution in [2.24, 2.45) is 0 Å². The molecular formula is C12H14BrNO4. The minimum absolute atomic E-state index is 0.250. The molecule has 1 atom stereocenters. The summed E-state index contributed by atoms with van der Waals surface area (Å²) in [7, 11) is 0. The summed E-state index contributed by atoms with van der Waals surface area (Å²) in [5.74, 6) is -0.133. The first-order valence-electron chi connectivity index (χ1n) is 5.43. The first kappa shape index (κ1) is 14.5. The zero-order valence-corrected chi connectivity index (χ0v) is 11.7. The number of esters is 1. The number of hydrogen-bond donors (Lipinski definition) is 1. The van der Waals surface area contributed by atoms with Crippen molar-refractivity contribution in [2.75, 3.05) is 6.61 Å². The molecule has 98 valence electrons. The Morgan fingerprint density at radius 2 is 1.94 bits per heavy atom. The Balaban J connectivity index is 2.49. The highest BCUT2D eigenvalue weighted by atomic mass is 79.9. The lowest BCUT2D eigenvalue weighted by atomic mass is 10.3. The van der Waals surface area contributed by atoms with E-state index in [-0.39, 0.29) is 6.61 Å². The van der Waals surface area contributed by atoms with Gasteiger partial charge in [-0.1, -0.05) is 15.9 Å². The Bertz CT molecular complexity index is 419. The molecule has 0 aromatic heterocycles. The zero-order valence-electron chi connectivity index (χ0n) is 10.1. The minimum atomic E-state index is -0.771. The molecule has 0 heterocycles. The maximum absolute atomic E-state index is 11.6. The smallest absolute Gasteiger partial charge is 0.407 e. The summed E-state index contributed by atoms with van der Waals surface area (Å²) in [4.78, 5) is 22.7. The third kappa shape index (κ3) is 4.75. The van der Waals surface area contributed by atoms with E-state index < -0.39 is 18.1 Å². The lowest BCUT2D eigenvalue weighted by Gasteiger charge is -2.12. The number of ether oxygens (including phenoxy) is 2. The van der Waals surface area contributed by atoms with Crippen LogP contribution in [-0.4, -0.2) is 24.7 Å². The van der Waals surface area contributed by atoms with Crippen molar-refractivity contribution < 1.29 is 19.1 Å². The standard InChI is InChI=1S/C12H14BrNO4/c1-3-17-12(16)14-8(2)11(15)18-10-6-4-9(13)5-7-10/h4-8H,3H2,1-2H3,(H,14,16)/t8-/m0/s1. The molecule has 1 aromatic carbocycles. The highest BCUT2D eigenvalue weighted by molar-refractivity contribution is 9.10. The average Bonchev–Trinajstić information content (AvgIpc) is 2.32. The fraction of sp³-hybridized carbons (Fsp3) is 0.333. The van der Waals surface area contributed by atoms with Gasteiger partial charge in [0.05, 0.1) is 6.61 Å². The second kappa shape index (κ2) is 7.00. The number of nitrogens with one attached hydrogen (secondary N) is 1. The van der Waals surface area contributed by atoms with Crippen molar-refractivity contribution in [3.05, 3.63) is 28.7 Å². The van der Waals surface area contributed by atoms with Crippen molar-refractivity contribution in [1.82, 2.24) is 5.32 Å². The molecule has 18 heavy (non-hydrogen) atoms. The van der Waals surface area contributed by atoms with E-state index in [1.807, 2.05) is 0 Å². The van der Waals surface area contributed by atoms with Crippen LogP contribution in [-0.2, 0) is 9.53 Å². The van der Waals surface area contributed by atoms with Crippen molar-refractivity contribution in [3.8, 4) is 5.75 Å². The molecule has 1 N–H and O–H groups in total. The monoisotopic (exact) mass is 315 g/mol. The minimum Gasteiger partial charge on any atom is -0.450 e. The van der Waals surface area contributed by atoms with Gasteiger partial charge in [-0.3, -0.25) is 0 Å². The molecule has 5 nitrogen and oxygen atoms in total. The van der Waals surface area contributed by atoms with E-state index in [0.717, 1.165) is 4.47 Å². The van der Waals surface area contributed by atoms with Crippen LogP contribution in [0.2, 0.25) is 0 Å². The van der Waals surface area contributed by atoms with Gasteiger partial charge in [-0.15, -0.1) is 0 Å². The summed E-state index contributed by atoms with van der Waals surface area (Å²) in [6, 6.07) is 6.05. The molecule has 1 aromatic rings. The van der Waals surface area contributed by atoms with Gasteiger partial charge in [0.2, 0.25) is 0 Å². The summed E-state index contributed by atoms with van der Waals surface area (Å²) in [5, 5.41) is 2.37. The van der Waals surface area contributed by atoms with Crippen LogP contribution in [0.1, 0.15) is 13.8 Å². The Hall–Kier alpha value is -1.56. The predicted octanol–water partition coefficient (Wildman–Crippen LogP) is 2.49. The van der Waals surface area contributed by atoms with Gasteiger partial charge >= 0.3 is 12.1 Å². The molecule has 0 bridgehead atoms. The Kier molecular flexibility index (Phi) is 5.64. The van der Waals surface area contributed by atoms with Crippen LogP contribution in [0.3, 0.4) is 0 Å². The molecule has 0 aliphatic carbocycles. The highest BCUT2D eigenvalue weighted by Gasteiger charge is 2.18. The fourth-order valence-corrected chi connectivity index (χ4v) is 1.38. The molecule has 0 aliphatic heterocycles.